The normalized spacial score (nSPS) is 15.1. The number of hydrogen-bond acceptors (Lipinski definition) is 8. The molecule has 2 N–H and O–H groups in total. The summed E-state index contributed by atoms with van der Waals surface area (Å²) in [6.45, 7) is 17.0. The maximum Gasteiger partial charge on any atom is 0.416 e. The first kappa shape index (κ1) is 57.4. The topological polar surface area (TPSA) is 151 Å². The van der Waals surface area contributed by atoms with E-state index in [-0.39, 0.29) is 11.1 Å². The molecule has 0 fully saturated rings. The molecule has 6 amide bonds. The number of hydrogen-bond donors (Lipinski definition) is 2. The van der Waals surface area contributed by atoms with Gasteiger partial charge >= 0.3 is 24.5 Å². The van der Waals surface area contributed by atoms with Crippen molar-refractivity contribution in [3.8, 4) is 22.3 Å². The summed E-state index contributed by atoms with van der Waals surface area (Å²) in [5.41, 5.74) is 1.98. The predicted molar refractivity (Wildman–Crippen MR) is 280 cm³/mol. The summed E-state index contributed by atoms with van der Waals surface area (Å²) in [4.78, 5) is 78.6. The van der Waals surface area contributed by atoms with Crippen LogP contribution in [0.15, 0.2) is 133 Å². The minimum Gasteiger partial charge on any atom is -0.444 e. The lowest BCUT2D eigenvalue weighted by molar-refractivity contribution is -0.138. The zero-order chi connectivity index (χ0) is 57.4. The van der Waals surface area contributed by atoms with Crippen molar-refractivity contribution in [3.05, 3.63) is 189 Å². The molecule has 4 atom stereocenters. The molecule has 78 heavy (non-hydrogen) atoms. The van der Waals surface area contributed by atoms with Crippen molar-refractivity contribution in [1.82, 2.24) is 20.4 Å². The number of nitrogens with zero attached hydrogens (tertiary/aromatic N) is 2. The molecule has 0 aromatic heterocycles. The molecule has 0 spiro atoms. The third-order valence-electron chi connectivity index (χ3n) is 13.0. The molecule has 8 rings (SSSR count). The molecule has 0 radical (unpaired) electrons. The molecule has 408 valence electrons. The fourth-order valence-electron chi connectivity index (χ4n) is 9.14. The molecule has 0 saturated heterocycles. The predicted octanol–water partition coefficient (Wildman–Crippen LogP) is 14.6. The summed E-state index contributed by atoms with van der Waals surface area (Å²) in [6.07, 6.45) is -10.5. The minimum atomic E-state index is -4.56. The van der Waals surface area contributed by atoms with Crippen LogP contribution in [0.3, 0.4) is 0 Å². The van der Waals surface area contributed by atoms with E-state index in [9.17, 15) is 55.1 Å². The lowest BCUT2D eigenvalue weighted by Gasteiger charge is -2.24. The molecule has 12 nitrogen and oxygen atoms in total. The molecule has 0 unspecified atom stereocenters. The molecule has 2 aliphatic rings. The number of halogens is 6. The second-order valence-electron chi connectivity index (χ2n) is 21.0. The number of carbonyl (C=O) groups is 6. The van der Waals surface area contributed by atoms with Gasteiger partial charge in [0.15, 0.2) is 0 Å². The van der Waals surface area contributed by atoms with Crippen molar-refractivity contribution in [2.45, 2.75) is 117 Å². The molecule has 6 aromatic rings. The Kier molecular flexibility index (Phi) is 16.2. The summed E-state index contributed by atoms with van der Waals surface area (Å²) in [6, 6.07) is 30.7. The summed E-state index contributed by atoms with van der Waals surface area (Å²) >= 11 is 0. The van der Waals surface area contributed by atoms with E-state index < -0.39 is 94.7 Å². The molecule has 0 bridgehead atoms. The Labute approximate surface area is 447 Å². The number of imide groups is 2. The summed E-state index contributed by atoms with van der Waals surface area (Å²) in [5.74, 6) is -1.58. The smallest absolute Gasteiger partial charge is 0.416 e. The van der Waals surface area contributed by atoms with Crippen LogP contribution in [0.25, 0.3) is 22.3 Å². The number of fused-ring (bicyclic) bond motifs is 2. The highest BCUT2D eigenvalue weighted by Crippen LogP contribution is 2.40. The maximum atomic E-state index is 13.6. The number of alkyl carbamates (subject to hydrolysis) is 2. The first-order chi connectivity index (χ1) is 36.3. The Hall–Kier alpha value is -8.28. The van der Waals surface area contributed by atoms with Gasteiger partial charge in [0.2, 0.25) is 0 Å². The van der Waals surface area contributed by atoms with E-state index in [2.05, 4.69) is 10.6 Å². The van der Waals surface area contributed by atoms with Crippen molar-refractivity contribution in [2.75, 3.05) is 0 Å². The molecule has 2 heterocycles. The summed E-state index contributed by atoms with van der Waals surface area (Å²) in [7, 11) is 0. The van der Waals surface area contributed by atoms with Crippen LogP contribution < -0.4 is 10.6 Å². The van der Waals surface area contributed by atoms with Crippen molar-refractivity contribution < 1.29 is 64.6 Å². The van der Waals surface area contributed by atoms with Gasteiger partial charge in [-0.15, -0.1) is 0 Å². The van der Waals surface area contributed by atoms with Gasteiger partial charge in [0, 0.05) is 0 Å². The van der Waals surface area contributed by atoms with Crippen molar-refractivity contribution >= 4 is 35.8 Å². The number of nitrogens with one attached hydrogen (secondary N) is 2. The SMILES string of the molecule is C[C@H](NC(=O)OC(C)(C)C)c1ccc(C(F)(F)F)cc1-c1ccc([C@@H](C)N2C(=O)c3ccccc3C2=O)cc1.C[C@H](NC(=O)OC(C)(C)C)c1ccc(C(F)(F)F)cc1-c1ccc([C@@H](C)N2C(=O)c3ccccc3C2=O)cc1. The third kappa shape index (κ3) is 12.8. The van der Waals surface area contributed by atoms with Crippen LogP contribution in [0.4, 0.5) is 35.9 Å². The molecule has 0 saturated carbocycles. The number of carbonyl (C=O) groups excluding carboxylic acids is 6. The Bertz CT molecular complexity index is 3000. The van der Waals surface area contributed by atoms with Crippen LogP contribution in [-0.2, 0) is 21.8 Å². The van der Waals surface area contributed by atoms with Gasteiger partial charge in [0.25, 0.3) is 23.6 Å². The average Bonchev–Trinajstić information content (AvgIpc) is 3.87. The van der Waals surface area contributed by atoms with E-state index in [4.69, 9.17) is 9.47 Å². The Balaban J connectivity index is 0.000000226. The first-order valence-electron chi connectivity index (χ1n) is 24.9. The van der Waals surface area contributed by atoms with E-state index in [1.165, 1.54) is 21.9 Å². The van der Waals surface area contributed by atoms with E-state index in [0.717, 1.165) is 24.3 Å². The molecular formula is C60H58F6N4O8. The van der Waals surface area contributed by atoms with Crippen molar-refractivity contribution in [1.29, 1.82) is 0 Å². The molecule has 2 aliphatic heterocycles. The van der Waals surface area contributed by atoms with E-state index in [1.807, 2.05) is 0 Å². The van der Waals surface area contributed by atoms with Crippen molar-refractivity contribution in [3.63, 3.8) is 0 Å². The third-order valence-corrected chi connectivity index (χ3v) is 13.0. The molecule has 0 aliphatic carbocycles. The number of benzene rings is 6. The second-order valence-corrected chi connectivity index (χ2v) is 21.0. The van der Waals surface area contributed by atoms with Crippen LogP contribution in [0, 0.1) is 0 Å². The molecule has 18 heteroatoms. The summed E-state index contributed by atoms with van der Waals surface area (Å²) < 4.78 is 92.1. The van der Waals surface area contributed by atoms with E-state index in [1.54, 1.807) is 166 Å². The number of ether oxygens (including phenoxy) is 2. The van der Waals surface area contributed by atoms with Gasteiger partial charge in [-0.25, -0.2) is 9.59 Å². The molecular weight excluding hydrogens is 1020 g/mol. The molecule has 6 aromatic carbocycles. The van der Waals surface area contributed by atoms with E-state index in [0.29, 0.717) is 55.6 Å². The fraction of sp³-hybridized carbons (Fsp3) is 0.300. The largest absolute Gasteiger partial charge is 0.444 e. The number of amides is 6. The zero-order valence-corrected chi connectivity index (χ0v) is 44.4. The van der Waals surface area contributed by atoms with Gasteiger partial charge in [0.05, 0.1) is 57.5 Å². The highest BCUT2D eigenvalue weighted by atomic mass is 19.4. The number of rotatable bonds is 10. The first-order valence-corrected chi connectivity index (χ1v) is 24.9. The summed E-state index contributed by atoms with van der Waals surface area (Å²) in [5, 5.41) is 5.36. The van der Waals surface area contributed by atoms with Gasteiger partial charge < -0.3 is 20.1 Å². The Morgan fingerprint density at radius 1 is 0.423 bits per heavy atom. The van der Waals surface area contributed by atoms with Gasteiger partial charge in [-0.2, -0.15) is 26.3 Å². The van der Waals surface area contributed by atoms with Crippen LogP contribution in [0.2, 0.25) is 0 Å². The van der Waals surface area contributed by atoms with Crippen LogP contribution in [0.5, 0.6) is 0 Å². The lowest BCUT2D eigenvalue weighted by atomic mass is 9.92. The highest BCUT2D eigenvalue weighted by Gasteiger charge is 2.40. The van der Waals surface area contributed by atoms with Crippen LogP contribution >= 0.6 is 0 Å². The van der Waals surface area contributed by atoms with Gasteiger partial charge in [-0.05, 0) is 162 Å². The highest BCUT2D eigenvalue weighted by molar-refractivity contribution is 6.22. The van der Waals surface area contributed by atoms with Gasteiger partial charge in [0.1, 0.15) is 11.2 Å². The lowest BCUT2D eigenvalue weighted by Crippen LogP contribution is -2.34. The Morgan fingerprint density at radius 2 is 0.705 bits per heavy atom. The van der Waals surface area contributed by atoms with Crippen LogP contribution in [-0.4, -0.2) is 56.8 Å². The van der Waals surface area contributed by atoms with Gasteiger partial charge in [-0.3, -0.25) is 29.0 Å². The quantitative estimate of drug-likeness (QED) is 0.102. The Morgan fingerprint density at radius 3 is 0.962 bits per heavy atom. The van der Waals surface area contributed by atoms with Crippen molar-refractivity contribution in [2.24, 2.45) is 0 Å². The maximum absolute atomic E-state index is 13.6. The zero-order valence-electron chi connectivity index (χ0n) is 44.4. The standard InChI is InChI=1S/2C30H29F3N2O4/c2*1-17(34-28(38)39-29(3,4)5)22-15-14-21(30(31,32)33)16-25(22)20-12-10-19(11-13-20)18(2)35-26(36)23-8-6-7-9-24(23)27(35)37/h2*6-18H,1-5H3,(H,34,38)/t2*17-,18+/m00/s1. The van der Waals surface area contributed by atoms with E-state index >= 15 is 0 Å². The minimum absolute atomic E-state index is 0.285. The second kappa shape index (κ2) is 22.0. The van der Waals surface area contributed by atoms with Crippen LogP contribution in [0.1, 0.15) is 168 Å². The fourth-order valence-corrected chi connectivity index (χ4v) is 9.14. The average molecular weight is 1080 g/mol. The monoisotopic (exact) mass is 1080 g/mol. The van der Waals surface area contributed by atoms with Gasteiger partial charge in [-0.1, -0.05) is 84.9 Å². The number of alkyl halides is 6.